The number of carboxylic acids is 1. The predicted molar refractivity (Wildman–Crippen MR) is 150 cm³/mol. The van der Waals surface area contributed by atoms with Crippen LogP contribution in [0.2, 0.25) is 0 Å². The number of nitrogens with zero attached hydrogens (tertiary/aromatic N) is 1. The molecule has 0 saturated carbocycles. The first-order valence-electron chi connectivity index (χ1n) is 14.0. The zero-order valence-corrected chi connectivity index (χ0v) is 23.6. The number of thioether (sulfide) groups is 1. The molecular formula is C28H37N5O6S. The van der Waals surface area contributed by atoms with Gasteiger partial charge in [-0.15, -0.1) is 0 Å². The summed E-state index contributed by atoms with van der Waals surface area (Å²) in [5, 5.41) is 21.6. The lowest BCUT2D eigenvalue weighted by Gasteiger charge is -2.44. The van der Waals surface area contributed by atoms with Crippen molar-refractivity contribution in [1.29, 1.82) is 0 Å². The van der Waals surface area contributed by atoms with Crippen molar-refractivity contribution >= 4 is 47.2 Å². The number of amides is 5. The highest BCUT2D eigenvalue weighted by Gasteiger charge is 2.63. The second kappa shape index (κ2) is 11.3. The molecule has 4 aliphatic rings. The van der Waals surface area contributed by atoms with Gasteiger partial charge < -0.3 is 31.3 Å². The summed E-state index contributed by atoms with van der Waals surface area (Å²) in [5.74, 6) is -0.699. The second-order valence-corrected chi connectivity index (χ2v) is 13.2. The van der Waals surface area contributed by atoms with Gasteiger partial charge in [-0.25, -0.2) is 9.59 Å². The third kappa shape index (κ3) is 5.77. The number of nitrogens with one attached hydrogen (secondary N) is 4. The fourth-order valence-electron chi connectivity index (χ4n) is 6.50. The Morgan fingerprint density at radius 2 is 1.82 bits per heavy atom. The molecule has 11 nitrogen and oxygen atoms in total. The maximum atomic E-state index is 12.6. The number of hydrogen-bond donors (Lipinski definition) is 5. The lowest BCUT2D eigenvalue weighted by atomic mass is 9.83. The van der Waals surface area contributed by atoms with E-state index in [2.05, 4.69) is 21.3 Å². The average molecular weight is 572 g/mol. The number of urea groups is 1. The van der Waals surface area contributed by atoms with Gasteiger partial charge in [0.25, 0.3) is 0 Å². The molecule has 4 fully saturated rings. The van der Waals surface area contributed by atoms with E-state index in [0.717, 1.165) is 30.6 Å². The molecule has 5 N–H and O–H groups in total. The molecule has 6 atom stereocenters. The van der Waals surface area contributed by atoms with Crippen molar-refractivity contribution in [3.63, 3.8) is 0 Å². The SMILES string of the molecule is CC1(C)C[C@@H]2[C@H](NC(=O)CCc3ccc(NC(=O)CCCCC4SCC5NC(=O)NC54)cc3)C(=O)N2[C@H]1C(=O)O. The summed E-state index contributed by atoms with van der Waals surface area (Å²) in [5.41, 5.74) is 1.09. The van der Waals surface area contributed by atoms with Crippen molar-refractivity contribution in [3.05, 3.63) is 29.8 Å². The number of aliphatic carboxylic acids is 1. The van der Waals surface area contributed by atoms with Gasteiger partial charge in [-0.1, -0.05) is 32.4 Å². The third-order valence-corrected chi connectivity index (χ3v) is 10.0. The number of aryl methyl sites for hydroxylation is 1. The van der Waals surface area contributed by atoms with Gasteiger partial charge in [0.15, 0.2) is 0 Å². The summed E-state index contributed by atoms with van der Waals surface area (Å²) in [4.78, 5) is 62.0. The van der Waals surface area contributed by atoms with Crippen LogP contribution in [-0.4, -0.2) is 80.9 Å². The van der Waals surface area contributed by atoms with Crippen LogP contribution in [0.25, 0.3) is 0 Å². The molecule has 40 heavy (non-hydrogen) atoms. The molecule has 4 heterocycles. The number of carbonyl (C=O) groups excluding carboxylic acids is 4. The highest BCUT2D eigenvalue weighted by Crippen LogP contribution is 2.46. The number of carboxylic acid groups (broad SMARTS) is 1. The van der Waals surface area contributed by atoms with E-state index >= 15 is 0 Å². The fourth-order valence-corrected chi connectivity index (χ4v) is 8.04. The van der Waals surface area contributed by atoms with Gasteiger partial charge in [-0.05, 0) is 48.8 Å². The molecule has 0 aromatic heterocycles. The van der Waals surface area contributed by atoms with Crippen LogP contribution in [0.4, 0.5) is 10.5 Å². The van der Waals surface area contributed by atoms with Crippen LogP contribution < -0.4 is 21.3 Å². The number of carbonyl (C=O) groups is 5. The molecule has 3 unspecified atom stereocenters. The minimum Gasteiger partial charge on any atom is -0.480 e. The molecule has 1 aromatic rings. The van der Waals surface area contributed by atoms with Crippen molar-refractivity contribution in [3.8, 4) is 0 Å². The Morgan fingerprint density at radius 1 is 1.07 bits per heavy atom. The minimum atomic E-state index is -1.01. The van der Waals surface area contributed by atoms with Crippen molar-refractivity contribution in [2.24, 2.45) is 5.41 Å². The topological polar surface area (TPSA) is 157 Å². The summed E-state index contributed by atoms with van der Waals surface area (Å²) in [6.45, 7) is 3.67. The van der Waals surface area contributed by atoms with Gasteiger partial charge >= 0.3 is 12.0 Å². The standard InChI is InChI=1S/C28H37N5O6S/c1-28(2)13-18-23(25(36)33(18)24(28)26(37)38)31-21(35)12-9-15-7-10-16(11-8-15)29-20(34)6-4-3-5-19-22-17(14-40-19)30-27(39)32-22/h7-8,10-11,17-19,22-24H,3-6,9,12-14H2,1-2H3,(H,29,34)(H,31,35)(H,37,38)(H2,30,32,39)/t17?,18-,19?,22?,23+,24+/m1/s1. The Bertz CT molecular complexity index is 1190. The van der Waals surface area contributed by atoms with E-state index < -0.39 is 23.5 Å². The number of fused-ring (bicyclic) bond motifs is 2. The van der Waals surface area contributed by atoms with Crippen molar-refractivity contribution < 1.29 is 29.1 Å². The lowest BCUT2D eigenvalue weighted by Crippen LogP contribution is -2.70. The predicted octanol–water partition coefficient (Wildman–Crippen LogP) is 1.86. The van der Waals surface area contributed by atoms with E-state index in [1.165, 1.54) is 4.90 Å². The number of hydrogen-bond acceptors (Lipinski definition) is 6. The molecular weight excluding hydrogens is 534 g/mol. The first-order valence-corrected chi connectivity index (χ1v) is 15.0. The van der Waals surface area contributed by atoms with E-state index in [0.29, 0.717) is 30.2 Å². The third-order valence-electron chi connectivity index (χ3n) is 8.53. The molecule has 12 heteroatoms. The van der Waals surface area contributed by atoms with Gasteiger partial charge in [0, 0.05) is 29.5 Å². The molecule has 5 rings (SSSR count). The van der Waals surface area contributed by atoms with E-state index in [1.54, 1.807) is 0 Å². The Hall–Kier alpha value is -3.28. The molecule has 1 aromatic carbocycles. The molecule has 5 amide bonds. The minimum absolute atomic E-state index is 0.0423. The van der Waals surface area contributed by atoms with Crippen LogP contribution in [0.15, 0.2) is 24.3 Å². The summed E-state index contributed by atoms with van der Waals surface area (Å²) in [6.07, 6.45) is 4.33. The highest BCUT2D eigenvalue weighted by molar-refractivity contribution is 8.00. The summed E-state index contributed by atoms with van der Waals surface area (Å²) < 4.78 is 0. The summed E-state index contributed by atoms with van der Waals surface area (Å²) in [7, 11) is 0. The van der Waals surface area contributed by atoms with E-state index in [4.69, 9.17) is 0 Å². The van der Waals surface area contributed by atoms with Crippen molar-refractivity contribution in [2.45, 2.75) is 94.3 Å². The monoisotopic (exact) mass is 571 g/mol. The molecule has 4 aliphatic heterocycles. The molecule has 0 radical (unpaired) electrons. The highest BCUT2D eigenvalue weighted by atomic mass is 32.2. The first kappa shape index (κ1) is 28.3. The van der Waals surface area contributed by atoms with Gasteiger partial charge in [-0.2, -0.15) is 11.8 Å². The van der Waals surface area contributed by atoms with Gasteiger partial charge in [0.05, 0.1) is 18.1 Å². The van der Waals surface area contributed by atoms with Crippen LogP contribution in [-0.2, 0) is 25.6 Å². The zero-order valence-electron chi connectivity index (χ0n) is 22.8. The quantitative estimate of drug-likeness (QED) is 0.154. The molecule has 0 aliphatic carbocycles. The first-order chi connectivity index (χ1) is 19.0. The second-order valence-electron chi connectivity index (χ2n) is 11.9. The maximum absolute atomic E-state index is 12.6. The summed E-state index contributed by atoms with van der Waals surface area (Å²) in [6, 6.07) is 5.88. The Labute approximate surface area is 237 Å². The van der Waals surface area contributed by atoms with E-state index in [1.807, 2.05) is 49.9 Å². The lowest BCUT2D eigenvalue weighted by molar-refractivity contribution is -0.163. The normalized spacial score (nSPS) is 29.6. The number of rotatable bonds is 11. The van der Waals surface area contributed by atoms with Crippen molar-refractivity contribution in [2.75, 3.05) is 11.1 Å². The van der Waals surface area contributed by atoms with Gasteiger partial charge in [0.1, 0.15) is 12.1 Å². The van der Waals surface area contributed by atoms with E-state index in [-0.39, 0.29) is 48.3 Å². The van der Waals surface area contributed by atoms with Crippen molar-refractivity contribution in [1.82, 2.24) is 20.9 Å². The largest absolute Gasteiger partial charge is 0.480 e. The Balaban J connectivity index is 0.990. The van der Waals surface area contributed by atoms with E-state index in [9.17, 15) is 29.1 Å². The average Bonchev–Trinajstić information content (AvgIpc) is 3.53. The zero-order chi connectivity index (χ0) is 28.6. The Morgan fingerprint density at radius 3 is 2.55 bits per heavy atom. The smallest absolute Gasteiger partial charge is 0.326 e. The number of β-lactam (4-membered cyclic amide) rings is 1. The van der Waals surface area contributed by atoms with Crippen LogP contribution in [0.5, 0.6) is 0 Å². The molecule has 216 valence electrons. The maximum Gasteiger partial charge on any atom is 0.326 e. The summed E-state index contributed by atoms with van der Waals surface area (Å²) >= 11 is 1.88. The van der Waals surface area contributed by atoms with Gasteiger partial charge in [-0.3, -0.25) is 14.4 Å². The van der Waals surface area contributed by atoms with Crippen LogP contribution >= 0.6 is 11.8 Å². The molecule has 0 bridgehead atoms. The van der Waals surface area contributed by atoms with Crippen LogP contribution in [0.1, 0.15) is 57.9 Å². The Kier molecular flexibility index (Phi) is 7.98. The molecule has 4 saturated heterocycles. The van der Waals surface area contributed by atoms with Crippen LogP contribution in [0.3, 0.4) is 0 Å². The number of unbranched alkanes of at least 4 members (excludes halogenated alkanes) is 1. The van der Waals surface area contributed by atoms with Crippen LogP contribution in [0, 0.1) is 5.41 Å². The van der Waals surface area contributed by atoms with Gasteiger partial charge in [0.2, 0.25) is 17.7 Å². The number of benzene rings is 1. The fraction of sp³-hybridized carbons (Fsp3) is 0.607. The number of anilines is 1. The molecule has 0 spiro atoms.